The largest absolute Gasteiger partial charge is 0.454 e. The van der Waals surface area contributed by atoms with Crippen LogP contribution in [0, 0.1) is 0 Å². The fraction of sp³-hybridized carbons (Fsp3) is 0.239. The molecule has 9 aromatic carbocycles. The van der Waals surface area contributed by atoms with Crippen molar-refractivity contribution < 1.29 is 4.42 Å². The lowest BCUT2D eigenvalue weighted by Gasteiger charge is -2.34. The Labute approximate surface area is 439 Å². The van der Waals surface area contributed by atoms with Gasteiger partial charge in [0.25, 0.3) is 0 Å². The fourth-order valence-electron chi connectivity index (χ4n) is 12.1. The lowest BCUT2D eigenvalue weighted by Crippen LogP contribution is -2.28. The van der Waals surface area contributed by atoms with E-state index in [1.807, 2.05) is 0 Å². The third-order valence-corrected chi connectivity index (χ3v) is 16.1. The summed E-state index contributed by atoms with van der Waals surface area (Å²) < 4.78 is 7.22. The lowest BCUT2D eigenvalue weighted by molar-refractivity contribution is 0.573. The standard InChI is InChI=1S/C71H68N2O/c1-67(2,3)45-29-37-53-54-38-30-46(68(4,5)6)42-62(54)71(61(53)41-45)59-40-36-52(44-58(59)55-39-31-47(43-63(55)71)69(7,8)9)73(64-28-20-26-57-56-25-19-27-60(70(10,11)12)65(56)74-66(57)64)51-34-32-50(33-35-51)72(48-21-15-13-16-22-48)49-23-17-14-18-24-49/h13-44H,1-12H3. The average Bonchev–Trinajstić information content (AvgIpc) is 4.06. The molecule has 0 radical (unpaired) electrons. The highest BCUT2D eigenvalue weighted by Gasteiger charge is 2.53. The van der Waals surface area contributed by atoms with Crippen molar-refractivity contribution in [2.24, 2.45) is 0 Å². The van der Waals surface area contributed by atoms with E-state index in [1.54, 1.807) is 0 Å². The summed E-state index contributed by atoms with van der Waals surface area (Å²) in [6, 6.07) is 73.0. The second-order valence-corrected chi connectivity index (χ2v) is 25.1. The zero-order chi connectivity index (χ0) is 51.7. The highest BCUT2D eigenvalue weighted by Crippen LogP contribution is 2.64. The molecule has 0 N–H and O–H groups in total. The maximum atomic E-state index is 7.22. The fourth-order valence-corrected chi connectivity index (χ4v) is 12.1. The lowest BCUT2D eigenvalue weighted by atomic mass is 9.68. The summed E-state index contributed by atoms with van der Waals surface area (Å²) in [5, 5.41) is 2.24. The maximum Gasteiger partial charge on any atom is 0.159 e. The Morgan fingerprint density at radius 1 is 0.311 bits per heavy atom. The minimum absolute atomic E-state index is 0.0382. The molecule has 0 saturated carbocycles. The van der Waals surface area contributed by atoms with Gasteiger partial charge in [0, 0.05) is 44.8 Å². The molecule has 74 heavy (non-hydrogen) atoms. The summed E-state index contributed by atoms with van der Waals surface area (Å²) in [5.74, 6) is 0. The zero-order valence-corrected chi connectivity index (χ0v) is 45.3. The van der Waals surface area contributed by atoms with Gasteiger partial charge in [-0.25, -0.2) is 0 Å². The monoisotopic (exact) mass is 965 g/mol. The van der Waals surface area contributed by atoms with Gasteiger partial charge in [-0.1, -0.05) is 210 Å². The van der Waals surface area contributed by atoms with E-state index in [4.69, 9.17) is 4.42 Å². The van der Waals surface area contributed by atoms with Crippen molar-refractivity contribution in [3.8, 4) is 22.3 Å². The van der Waals surface area contributed by atoms with E-state index in [1.165, 1.54) is 66.8 Å². The van der Waals surface area contributed by atoms with Gasteiger partial charge in [0.2, 0.25) is 0 Å². The second kappa shape index (κ2) is 16.7. The van der Waals surface area contributed by atoms with Crippen molar-refractivity contribution in [1.29, 1.82) is 0 Å². The zero-order valence-electron chi connectivity index (χ0n) is 45.3. The quantitative estimate of drug-likeness (QED) is 0.166. The van der Waals surface area contributed by atoms with Gasteiger partial charge in [0.15, 0.2) is 5.58 Å². The predicted molar refractivity (Wildman–Crippen MR) is 314 cm³/mol. The second-order valence-electron chi connectivity index (χ2n) is 25.1. The van der Waals surface area contributed by atoms with Gasteiger partial charge in [0.05, 0.1) is 11.1 Å². The number of fused-ring (bicyclic) bond motifs is 13. The van der Waals surface area contributed by atoms with Crippen LogP contribution in [0.1, 0.15) is 128 Å². The molecule has 0 fully saturated rings. The molecule has 1 aromatic heterocycles. The number of anilines is 6. The first kappa shape index (κ1) is 47.4. The van der Waals surface area contributed by atoms with Crippen molar-refractivity contribution in [2.45, 2.75) is 110 Å². The van der Waals surface area contributed by atoms with Crippen molar-refractivity contribution >= 4 is 56.1 Å². The van der Waals surface area contributed by atoms with E-state index < -0.39 is 5.41 Å². The van der Waals surface area contributed by atoms with Crippen LogP contribution in [0.2, 0.25) is 0 Å². The molecule has 3 nitrogen and oxygen atoms in total. The van der Waals surface area contributed by atoms with Crippen LogP contribution in [0.15, 0.2) is 199 Å². The first-order valence-corrected chi connectivity index (χ1v) is 26.6. The van der Waals surface area contributed by atoms with E-state index in [2.05, 4.69) is 287 Å². The van der Waals surface area contributed by atoms with Gasteiger partial charge in [-0.3, -0.25) is 0 Å². The molecule has 0 bridgehead atoms. The van der Waals surface area contributed by atoms with Gasteiger partial charge in [-0.05, 0) is 150 Å². The van der Waals surface area contributed by atoms with Gasteiger partial charge in [-0.15, -0.1) is 0 Å². The Balaban J connectivity index is 1.13. The molecule has 12 rings (SSSR count). The minimum Gasteiger partial charge on any atom is -0.454 e. The molecule has 368 valence electrons. The number of rotatable bonds is 6. The predicted octanol–water partition coefficient (Wildman–Crippen LogP) is 20.1. The third-order valence-electron chi connectivity index (χ3n) is 16.1. The molecule has 10 aromatic rings. The van der Waals surface area contributed by atoms with Gasteiger partial charge in [0.1, 0.15) is 5.58 Å². The highest BCUT2D eigenvalue weighted by atomic mass is 16.3. The van der Waals surface area contributed by atoms with Crippen molar-refractivity contribution in [3.05, 3.63) is 239 Å². The molecule has 2 aliphatic rings. The Morgan fingerprint density at radius 2 is 0.730 bits per heavy atom. The summed E-state index contributed by atoms with van der Waals surface area (Å²) in [7, 11) is 0. The number of para-hydroxylation sites is 4. The van der Waals surface area contributed by atoms with Crippen molar-refractivity contribution in [2.75, 3.05) is 9.80 Å². The van der Waals surface area contributed by atoms with Crippen LogP contribution in [0.3, 0.4) is 0 Å². The minimum atomic E-state index is -0.537. The Bertz CT molecular complexity index is 3710. The molecule has 1 spiro atoms. The molecular formula is C71H68N2O. The Morgan fingerprint density at radius 3 is 1.20 bits per heavy atom. The molecule has 3 heteroatoms. The van der Waals surface area contributed by atoms with Gasteiger partial charge >= 0.3 is 0 Å². The van der Waals surface area contributed by atoms with Crippen LogP contribution in [-0.4, -0.2) is 0 Å². The van der Waals surface area contributed by atoms with E-state index in [0.29, 0.717) is 0 Å². The summed E-state index contributed by atoms with van der Waals surface area (Å²) in [4.78, 5) is 4.76. The SMILES string of the molecule is CC(C)(C)c1ccc2c(c1)C1(c3ccc(N(c4ccc(N(c5ccccc5)c5ccccc5)cc4)c4cccc5c4oc4c(C(C)(C)C)cccc45)cc3-2)c2cc(C(C)(C)C)ccc2-c2ccc(C(C)(C)C)cc21. The van der Waals surface area contributed by atoms with E-state index in [-0.39, 0.29) is 21.7 Å². The van der Waals surface area contributed by atoms with E-state index >= 15 is 0 Å². The molecule has 1 heterocycles. The average molecular weight is 965 g/mol. The van der Waals surface area contributed by atoms with Gasteiger partial charge in [-0.2, -0.15) is 0 Å². The number of hydrogen-bond donors (Lipinski definition) is 0. The van der Waals surface area contributed by atoms with Crippen LogP contribution in [-0.2, 0) is 27.1 Å². The first-order chi connectivity index (χ1) is 35.2. The van der Waals surface area contributed by atoms with E-state index in [0.717, 1.165) is 56.1 Å². The van der Waals surface area contributed by atoms with Crippen molar-refractivity contribution in [3.63, 3.8) is 0 Å². The molecule has 0 amide bonds. The summed E-state index contributed by atoms with van der Waals surface area (Å²) >= 11 is 0. The van der Waals surface area contributed by atoms with Crippen LogP contribution in [0.4, 0.5) is 34.1 Å². The number of hydrogen-bond acceptors (Lipinski definition) is 3. The highest BCUT2D eigenvalue weighted by molar-refractivity contribution is 6.11. The van der Waals surface area contributed by atoms with E-state index in [9.17, 15) is 0 Å². The number of benzene rings is 9. The number of nitrogens with zero attached hydrogens (tertiary/aromatic N) is 2. The molecule has 0 saturated heterocycles. The smallest absolute Gasteiger partial charge is 0.159 e. The molecular weight excluding hydrogens is 897 g/mol. The third kappa shape index (κ3) is 7.44. The Hall–Kier alpha value is -7.62. The summed E-state index contributed by atoms with van der Waals surface area (Å²) in [6.07, 6.45) is 0. The summed E-state index contributed by atoms with van der Waals surface area (Å²) in [6.45, 7) is 27.9. The maximum absolute atomic E-state index is 7.22. The molecule has 2 aliphatic carbocycles. The van der Waals surface area contributed by atoms with Crippen LogP contribution in [0.5, 0.6) is 0 Å². The number of furan rings is 1. The molecule has 0 atom stereocenters. The van der Waals surface area contributed by atoms with Gasteiger partial charge < -0.3 is 14.2 Å². The molecule has 0 aliphatic heterocycles. The summed E-state index contributed by atoms with van der Waals surface area (Å²) in [5.41, 5.74) is 23.3. The van der Waals surface area contributed by atoms with Crippen LogP contribution < -0.4 is 9.80 Å². The topological polar surface area (TPSA) is 19.6 Å². The Kier molecular flexibility index (Phi) is 10.7. The van der Waals surface area contributed by atoms with Crippen LogP contribution >= 0.6 is 0 Å². The normalized spacial score (nSPS) is 13.8. The van der Waals surface area contributed by atoms with Crippen LogP contribution in [0.25, 0.3) is 44.2 Å². The molecule has 0 unspecified atom stereocenters. The van der Waals surface area contributed by atoms with Crippen molar-refractivity contribution in [1.82, 2.24) is 0 Å². The first-order valence-electron chi connectivity index (χ1n) is 26.6.